The molecular weight excluding hydrogens is 278 g/mol. The molecule has 5 heteroatoms. The molecule has 0 saturated heterocycles. The number of nitrogens with one attached hydrogen (secondary N) is 1. The van der Waals surface area contributed by atoms with Gasteiger partial charge in [0.05, 0.1) is 11.0 Å². The fourth-order valence-electron chi connectivity index (χ4n) is 2.52. The maximum absolute atomic E-state index is 12.0. The molecule has 112 valence electrons. The van der Waals surface area contributed by atoms with Crippen molar-refractivity contribution in [3.63, 3.8) is 0 Å². The Bertz CT molecular complexity index is 824. The molecule has 3 aromatic rings. The molecule has 0 aliphatic heterocycles. The summed E-state index contributed by atoms with van der Waals surface area (Å²) in [5.41, 5.74) is 3.11. The van der Waals surface area contributed by atoms with Crippen LogP contribution in [0.5, 0.6) is 0 Å². The molecule has 0 spiro atoms. The number of hydrogen-bond donors (Lipinski definition) is 2. The molecule has 0 aliphatic rings. The van der Waals surface area contributed by atoms with Crippen LogP contribution >= 0.6 is 0 Å². The van der Waals surface area contributed by atoms with Crippen molar-refractivity contribution in [2.75, 3.05) is 6.54 Å². The lowest BCUT2D eigenvalue weighted by molar-refractivity contribution is 0.0956. The highest BCUT2D eigenvalue weighted by Crippen LogP contribution is 2.22. The van der Waals surface area contributed by atoms with Crippen LogP contribution in [-0.4, -0.2) is 27.1 Å². The highest BCUT2D eigenvalue weighted by molar-refractivity contribution is 5.94. The quantitative estimate of drug-likeness (QED) is 0.776. The van der Waals surface area contributed by atoms with Gasteiger partial charge in [-0.3, -0.25) is 9.36 Å². The summed E-state index contributed by atoms with van der Waals surface area (Å²) in [5, 5.41) is 12.4. The number of carbonyl (C=O) groups is 1. The molecule has 0 atom stereocenters. The molecule has 2 N–H and O–H groups in total. The lowest BCUT2D eigenvalue weighted by Gasteiger charge is -2.10. The minimum atomic E-state index is -0.167. The van der Waals surface area contributed by atoms with Gasteiger partial charge in [0, 0.05) is 17.8 Å². The number of amides is 1. The number of aromatic nitrogens is 2. The number of para-hydroxylation sites is 2. The number of benzene rings is 2. The number of fused-ring (bicyclic) bond motifs is 1. The van der Waals surface area contributed by atoms with E-state index in [4.69, 9.17) is 0 Å². The molecule has 1 aromatic heterocycles. The van der Waals surface area contributed by atoms with Crippen molar-refractivity contribution in [1.29, 1.82) is 0 Å². The SMILES string of the molecule is CCNC(=O)c1cccc(-n2c(CO)nc3ccccc32)c1. The summed E-state index contributed by atoms with van der Waals surface area (Å²) < 4.78 is 1.87. The second-order valence-corrected chi connectivity index (χ2v) is 4.92. The fourth-order valence-corrected chi connectivity index (χ4v) is 2.52. The zero-order valence-corrected chi connectivity index (χ0v) is 12.3. The molecule has 1 amide bonds. The summed E-state index contributed by atoms with van der Waals surface area (Å²) >= 11 is 0. The minimum absolute atomic E-state index is 0.112. The van der Waals surface area contributed by atoms with Gasteiger partial charge in [0.1, 0.15) is 12.4 Å². The van der Waals surface area contributed by atoms with Crippen molar-refractivity contribution >= 4 is 16.9 Å². The van der Waals surface area contributed by atoms with E-state index in [1.807, 2.05) is 47.9 Å². The Balaban J connectivity index is 2.15. The molecule has 5 nitrogen and oxygen atoms in total. The van der Waals surface area contributed by atoms with Gasteiger partial charge in [-0.05, 0) is 37.3 Å². The van der Waals surface area contributed by atoms with Crippen LogP contribution in [0.1, 0.15) is 23.1 Å². The number of imidazole rings is 1. The van der Waals surface area contributed by atoms with Crippen molar-refractivity contribution in [2.24, 2.45) is 0 Å². The average molecular weight is 295 g/mol. The largest absolute Gasteiger partial charge is 0.388 e. The zero-order valence-electron chi connectivity index (χ0n) is 12.3. The summed E-state index contributed by atoms with van der Waals surface area (Å²) in [7, 11) is 0. The molecule has 22 heavy (non-hydrogen) atoms. The summed E-state index contributed by atoms with van der Waals surface area (Å²) in [6.07, 6.45) is 0. The Morgan fingerprint density at radius 1 is 1.23 bits per heavy atom. The van der Waals surface area contributed by atoms with Gasteiger partial charge in [0.25, 0.3) is 5.91 Å². The van der Waals surface area contributed by atoms with Gasteiger partial charge in [-0.1, -0.05) is 18.2 Å². The van der Waals surface area contributed by atoms with Crippen LogP contribution in [0.2, 0.25) is 0 Å². The van der Waals surface area contributed by atoms with Crippen LogP contribution in [0.4, 0.5) is 0 Å². The van der Waals surface area contributed by atoms with Crippen molar-refractivity contribution < 1.29 is 9.90 Å². The first-order valence-corrected chi connectivity index (χ1v) is 7.20. The summed E-state index contributed by atoms with van der Waals surface area (Å²) in [4.78, 5) is 16.4. The molecule has 0 saturated carbocycles. The third-order valence-electron chi connectivity index (χ3n) is 3.48. The Morgan fingerprint density at radius 2 is 2.05 bits per heavy atom. The predicted molar refractivity (Wildman–Crippen MR) is 85.0 cm³/mol. The Kier molecular flexibility index (Phi) is 3.89. The summed E-state index contributed by atoms with van der Waals surface area (Å²) in [6, 6.07) is 15.0. The van der Waals surface area contributed by atoms with Gasteiger partial charge >= 0.3 is 0 Å². The second-order valence-electron chi connectivity index (χ2n) is 4.92. The van der Waals surface area contributed by atoms with Crippen LogP contribution in [0.3, 0.4) is 0 Å². The molecule has 0 aliphatic carbocycles. The van der Waals surface area contributed by atoms with E-state index in [0.29, 0.717) is 17.9 Å². The monoisotopic (exact) mass is 295 g/mol. The average Bonchev–Trinajstić information content (AvgIpc) is 2.93. The third-order valence-corrected chi connectivity index (χ3v) is 3.48. The summed E-state index contributed by atoms with van der Waals surface area (Å²) in [5.74, 6) is 0.438. The maximum atomic E-state index is 12.0. The lowest BCUT2D eigenvalue weighted by atomic mass is 10.2. The van der Waals surface area contributed by atoms with Crippen molar-refractivity contribution in [2.45, 2.75) is 13.5 Å². The first kappa shape index (κ1) is 14.3. The second kappa shape index (κ2) is 5.99. The maximum Gasteiger partial charge on any atom is 0.251 e. The zero-order chi connectivity index (χ0) is 15.5. The molecule has 3 rings (SSSR count). The fraction of sp³-hybridized carbons (Fsp3) is 0.176. The van der Waals surface area contributed by atoms with E-state index in [9.17, 15) is 9.90 Å². The molecule has 0 radical (unpaired) electrons. The van der Waals surface area contributed by atoms with E-state index in [1.54, 1.807) is 12.1 Å². The smallest absolute Gasteiger partial charge is 0.251 e. The van der Waals surface area contributed by atoms with E-state index < -0.39 is 0 Å². The van der Waals surface area contributed by atoms with Crippen LogP contribution in [0, 0.1) is 0 Å². The Hall–Kier alpha value is -2.66. The van der Waals surface area contributed by atoms with Crippen molar-refractivity contribution in [1.82, 2.24) is 14.9 Å². The van der Waals surface area contributed by atoms with Gasteiger partial charge in [0.15, 0.2) is 0 Å². The first-order chi connectivity index (χ1) is 10.7. The Labute approximate surface area is 128 Å². The first-order valence-electron chi connectivity index (χ1n) is 7.20. The van der Waals surface area contributed by atoms with Crippen LogP contribution in [0.25, 0.3) is 16.7 Å². The van der Waals surface area contributed by atoms with Crippen LogP contribution in [0.15, 0.2) is 48.5 Å². The van der Waals surface area contributed by atoms with Crippen LogP contribution in [-0.2, 0) is 6.61 Å². The number of aliphatic hydroxyl groups excluding tert-OH is 1. The van der Waals surface area contributed by atoms with Gasteiger partial charge in [0.2, 0.25) is 0 Å². The number of aliphatic hydroxyl groups is 1. The van der Waals surface area contributed by atoms with Crippen molar-refractivity contribution in [3.05, 3.63) is 59.9 Å². The van der Waals surface area contributed by atoms with Gasteiger partial charge in [-0.15, -0.1) is 0 Å². The molecule has 0 bridgehead atoms. The van der Waals surface area contributed by atoms with Crippen LogP contribution < -0.4 is 5.32 Å². The predicted octanol–water partition coefficient (Wildman–Crippen LogP) is 2.27. The van der Waals surface area contributed by atoms with E-state index >= 15 is 0 Å². The van der Waals surface area contributed by atoms with Gasteiger partial charge in [-0.25, -0.2) is 4.98 Å². The molecule has 1 heterocycles. The minimum Gasteiger partial charge on any atom is -0.388 e. The molecule has 2 aromatic carbocycles. The standard InChI is InChI=1S/C17H17N3O2/c1-2-18-17(22)12-6-5-7-13(10-12)20-15-9-4-3-8-14(15)19-16(20)11-21/h3-10,21H,2,11H2,1H3,(H,18,22). The van der Waals surface area contributed by atoms with Crippen molar-refractivity contribution in [3.8, 4) is 5.69 Å². The van der Waals surface area contributed by atoms with Gasteiger partial charge in [-0.2, -0.15) is 0 Å². The summed E-state index contributed by atoms with van der Waals surface area (Å²) in [6.45, 7) is 2.30. The Morgan fingerprint density at radius 3 is 2.82 bits per heavy atom. The lowest BCUT2D eigenvalue weighted by Crippen LogP contribution is -2.22. The molecular formula is C17H17N3O2. The number of carbonyl (C=O) groups excluding carboxylic acids is 1. The third kappa shape index (κ3) is 2.46. The number of rotatable bonds is 4. The number of hydrogen-bond acceptors (Lipinski definition) is 3. The number of nitrogens with zero attached hydrogens (tertiary/aromatic N) is 2. The van der Waals surface area contributed by atoms with E-state index in [-0.39, 0.29) is 12.5 Å². The molecule has 0 unspecified atom stereocenters. The highest BCUT2D eigenvalue weighted by Gasteiger charge is 2.13. The van der Waals surface area contributed by atoms with E-state index in [0.717, 1.165) is 16.7 Å². The van der Waals surface area contributed by atoms with E-state index in [1.165, 1.54) is 0 Å². The van der Waals surface area contributed by atoms with Gasteiger partial charge < -0.3 is 10.4 Å². The molecule has 0 fully saturated rings. The normalized spacial score (nSPS) is 10.8. The highest BCUT2D eigenvalue weighted by atomic mass is 16.3. The topological polar surface area (TPSA) is 67.2 Å². The van der Waals surface area contributed by atoms with E-state index in [2.05, 4.69) is 10.3 Å².